The maximum absolute atomic E-state index is 11.4. The van der Waals surface area contributed by atoms with E-state index in [1.54, 1.807) is 0 Å². The van der Waals surface area contributed by atoms with Gasteiger partial charge < -0.3 is 4.74 Å². The van der Waals surface area contributed by atoms with Crippen LogP contribution in [0.2, 0.25) is 0 Å². The van der Waals surface area contributed by atoms with Crippen LogP contribution >= 0.6 is 22.6 Å². The topological polar surface area (TPSA) is 55.0 Å². The zero-order chi connectivity index (χ0) is 10.8. The van der Waals surface area contributed by atoms with Gasteiger partial charge in [-0.1, -0.05) is 12.8 Å². The Balaban J connectivity index is 2.26. The molecule has 0 radical (unpaired) electrons. The molecule has 2 rings (SSSR count). The number of hydrogen-bond acceptors (Lipinski definition) is 3. The smallest absolute Gasteiger partial charge is 0.359 e. The van der Waals surface area contributed by atoms with Crippen molar-refractivity contribution in [2.75, 3.05) is 7.11 Å². The van der Waals surface area contributed by atoms with Gasteiger partial charge in [-0.25, -0.2) is 4.79 Å². The average molecular weight is 320 g/mol. The molecule has 0 amide bonds. The standard InChI is InChI=1S/C10H13IN2O2/c1-15-10(14)9-7(11)8(12-13-9)6-4-2-3-5-6/h6H,2-5H2,1H3,(H,12,13). The Hall–Kier alpha value is -0.590. The predicted octanol–water partition coefficient (Wildman–Crippen LogP) is 2.46. The monoisotopic (exact) mass is 320 g/mol. The molecule has 1 saturated carbocycles. The lowest BCUT2D eigenvalue weighted by atomic mass is 10.0. The fraction of sp³-hybridized carbons (Fsp3) is 0.600. The summed E-state index contributed by atoms with van der Waals surface area (Å²) in [5.41, 5.74) is 1.52. The van der Waals surface area contributed by atoms with Gasteiger partial charge in [0.25, 0.3) is 0 Å². The van der Waals surface area contributed by atoms with Crippen molar-refractivity contribution in [1.82, 2.24) is 10.2 Å². The summed E-state index contributed by atoms with van der Waals surface area (Å²) in [6, 6.07) is 0. The second-order valence-corrected chi connectivity index (χ2v) is 4.85. The molecule has 0 unspecified atom stereocenters. The minimum Gasteiger partial charge on any atom is -0.464 e. The Kier molecular flexibility index (Phi) is 3.28. The lowest BCUT2D eigenvalue weighted by Crippen LogP contribution is -2.04. The largest absolute Gasteiger partial charge is 0.464 e. The molecule has 0 bridgehead atoms. The molecule has 1 heterocycles. The van der Waals surface area contributed by atoms with E-state index >= 15 is 0 Å². The van der Waals surface area contributed by atoms with Crippen molar-refractivity contribution in [2.45, 2.75) is 31.6 Å². The van der Waals surface area contributed by atoms with Gasteiger partial charge >= 0.3 is 5.97 Å². The fourth-order valence-electron chi connectivity index (χ4n) is 2.06. The Morgan fingerprint density at radius 1 is 1.53 bits per heavy atom. The maximum Gasteiger partial charge on any atom is 0.359 e. The number of carbonyl (C=O) groups excluding carboxylic acids is 1. The van der Waals surface area contributed by atoms with Gasteiger partial charge in [0.2, 0.25) is 0 Å². The highest BCUT2D eigenvalue weighted by Gasteiger charge is 2.25. The van der Waals surface area contributed by atoms with Gasteiger partial charge in [0.15, 0.2) is 5.69 Å². The molecule has 1 aliphatic rings. The summed E-state index contributed by atoms with van der Waals surface area (Å²) in [6.07, 6.45) is 4.93. The lowest BCUT2D eigenvalue weighted by Gasteiger charge is -2.05. The van der Waals surface area contributed by atoms with E-state index < -0.39 is 0 Å². The normalized spacial score (nSPS) is 16.9. The van der Waals surface area contributed by atoms with Crippen molar-refractivity contribution in [3.63, 3.8) is 0 Å². The zero-order valence-corrected chi connectivity index (χ0v) is 10.7. The number of nitrogens with one attached hydrogen (secondary N) is 1. The van der Waals surface area contributed by atoms with Crippen LogP contribution < -0.4 is 0 Å². The Bertz CT molecular complexity index is 369. The lowest BCUT2D eigenvalue weighted by molar-refractivity contribution is 0.0593. The summed E-state index contributed by atoms with van der Waals surface area (Å²) in [4.78, 5) is 11.4. The third-order valence-corrected chi connectivity index (χ3v) is 3.97. The number of aromatic nitrogens is 2. The van der Waals surface area contributed by atoms with E-state index in [0.29, 0.717) is 11.6 Å². The summed E-state index contributed by atoms with van der Waals surface area (Å²) >= 11 is 2.17. The molecule has 5 heteroatoms. The number of esters is 1. The number of nitrogens with zero attached hydrogens (tertiary/aromatic N) is 1. The first-order valence-electron chi connectivity index (χ1n) is 5.06. The van der Waals surface area contributed by atoms with E-state index in [1.165, 1.54) is 32.8 Å². The van der Waals surface area contributed by atoms with Crippen LogP contribution in [0.1, 0.15) is 47.8 Å². The number of rotatable bonds is 2. The van der Waals surface area contributed by atoms with Crippen LogP contribution in [0.4, 0.5) is 0 Å². The molecule has 0 aliphatic heterocycles. The SMILES string of the molecule is COC(=O)c1n[nH]c(C2CCCC2)c1I. The van der Waals surface area contributed by atoms with Crippen molar-refractivity contribution in [3.05, 3.63) is 15.0 Å². The van der Waals surface area contributed by atoms with Crippen molar-refractivity contribution >= 4 is 28.6 Å². The van der Waals surface area contributed by atoms with Crippen molar-refractivity contribution < 1.29 is 9.53 Å². The molecule has 1 aromatic heterocycles. The van der Waals surface area contributed by atoms with Crippen LogP contribution in [0.3, 0.4) is 0 Å². The van der Waals surface area contributed by atoms with Crippen LogP contribution in [0.5, 0.6) is 0 Å². The van der Waals surface area contributed by atoms with Crippen LogP contribution in [-0.4, -0.2) is 23.3 Å². The Morgan fingerprint density at radius 2 is 2.20 bits per heavy atom. The summed E-state index contributed by atoms with van der Waals surface area (Å²) in [5.74, 6) is 0.183. The third kappa shape index (κ3) is 2.02. The zero-order valence-electron chi connectivity index (χ0n) is 8.55. The second kappa shape index (κ2) is 4.51. The number of ether oxygens (including phenoxy) is 1. The van der Waals surface area contributed by atoms with E-state index in [-0.39, 0.29) is 5.97 Å². The van der Waals surface area contributed by atoms with Gasteiger partial charge in [-0.15, -0.1) is 0 Å². The molecule has 1 fully saturated rings. The number of halogens is 1. The summed E-state index contributed by atoms with van der Waals surface area (Å²) < 4.78 is 5.59. The van der Waals surface area contributed by atoms with E-state index in [0.717, 1.165) is 9.26 Å². The van der Waals surface area contributed by atoms with Crippen LogP contribution in [0.15, 0.2) is 0 Å². The minimum atomic E-state index is -0.361. The van der Waals surface area contributed by atoms with Gasteiger partial charge in [-0.3, -0.25) is 5.10 Å². The number of hydrogen-bond donors (Lipinski definition) is 1. The highest BCUT2D eigenvalue weighted by Crippen LogP contribution is 2.35. The molecule has 1 aromatic rings. The van der Waals surface area contributed by atoms with E-state index in [1.807, 2.05) is 0 Å². The first kappa shape index (κ1) is 10.9. The molecule has 0 atom stereocenters. The highest BCUT2D eigenvalue weighted by atomic mass is 127. The molecular weight excluding hydrogens is 307 g/mol. The second-order valence-electron chi connectivity index (χ2n) is 3.77. The van der Waals surface area contributed by atoms with Gasteiger partial charge in [0, 0.05) is 5.92 Å². The summed E-state index contributed by atoms with van der Waals surface area (Å²) in [7, 11) is 1.38. The molecule has 4 nitrogen and oxygen atoms in total. The highest BCUT2D eigenvalue weighted by molar-refractivity contribution is 14.1. The quantitative estimate of drug-likeness (QED) is 0.673. The first-order chi connectivity index (χ1) is 7.24. The molecule has 0 saturated heterocycles. The maximum atomic E-state index is 11.4. The van der Waals surface area contributed by atoms with Gasteiger partial charge in [0.05, 0.1) is 16.4 Å². The molecule has 1 aliphatic carbocycles. The first-order valence-corrected chi connectivity index (χ1v) is 6.14. The number of carbonyl (C=O) groups is 1. The molecule has 82 valence electrons. The van der Waals surface area contributed by atoms with E-state index in [4.69, 9.17) is 0 Å². The molecule has 0 aromatic carbocycles. The van der Waals surface area contributed by atoms with Crippen molar-refractivity contribution in [2.24, 2.45) is 0 Å². The van der Waals surface area contributed by atoms with Crippen LogP contribution in [0.25, 0.3) is 0 Å². The Morgan fingerprint density at radius 3 is 2.80 bits per heavy atom. The van der Waals surface area contributed by atoms with E-state index in [9.17, 15) is 4.79 Å². The van der Waals surface area contributed by atoms with Crippen LogP contribution in [-0.2, 0) is 4.74 Å². The predicted molar refractivity (Wildman–Crippen MR) is 63.9 cm³/mol. The van der Waals surface area contributed by atoms with Crippen LogP contribution in [0, 0.1) is 3.57 Å². The molecule has 0 spiro atoms. The number of methoxy groups -OCH3 is 1. The molecular formula is C10H13IN2O2. The fourth-order valence-corrected chi connectivity index (χ4v) is 2.96. The third-order valence-electron chi connectivity index (χ3n) is 2.87. The average Bonchev–Trinajstić information content (AvgIpc) is 2.85. The summed E-state index contributed by atoms with van der Waals surface area (Å²) in [6.45, 7) is 0. The van der Waals surface area contributed by atoms with Gasteiger partial charge in [0.1, 0.15) is 0 Å². The van der Waals surface area contributed by atoms with Crippen molar-refractivity contribution in [1.29, 1.82) is 0 Å². The number of H-pyrrole nitrogens is 1. The van der Waals surface area contributed by atoms with Gasteiger partial charge in [-0.05, 0) is 35.4 Å². The molecule has 15 heavy (non-hydrogen) atoms. The minimum absolute atomic E-state index is 0.361. The van der Waals surface area contributed by atoms with Crippen molar-refractivity contribution in [3.8, 4) is 0 Å². The van der Waals surface area contributed by atoms with E-state index in [2.05, 4.69) is 37.5 Å². The van der Waals surface area contributed by atoms with Gasteiger partial charge in [-0.2, -0.15) is 5.10 Å². The number of aromatic amines is 1. The molecule has 1 N–H and O–H groups in total. The summed E-state index contributed by atoms with van der Waals surface area (Å²) in [5, 5.41) is 7.00. The Labute approximate surface area is 102 Å².